The highest BCUT2D eigenvalue weighted by atomic mass is 16.3. The topological polar surface area (TPSA) is 73.8 Å². The van der Waals surface area contributed by atoms with Crippen LogP contribution in [-0.2, 0) is 13.5 Å². The number of fused-ring (bicyclic) bond motifs is 2. The van der Waals surface area contributed by atoms with Crippen molar-refractivity contribution in [2.24, 2.45) is 7.05 Å². The largest absolute Gasteiger partial charge is 0.464 e. The fourth-order valence-corrected chi connectivity index (χ4v) is 3.33. The quantitative estimate of drug-likeness (QED) is 0.445. The van der Waals surface area contributed by atoms with Crippen molar-refractivity contribution in [2.45, 2.75) is 6.42 Å². The molecule has 0 saturated heterocycles. The maximum Gasteiger partial charge on any atom is 0.168 e. The van der Waals surface area contributed by atoms with Crippen molar-refractivity contribution in [1.29, 1.82) is 0 Å². The summed E-state index contributed by atoms with van der Waals surface area (Å²) in [6, 6.07) is 15.2. The molecule has 6 heteroatoms. The molecule has 0 amide bonds. The molecule has 0 spiro atoms. The fraction of sp³-hybridized carbons (Fsp3) is 0.0909. The van der Waals surface area contributed by atoms with Gasteiger partial charge in [-0.05, 0) is 48.0 Å². The molecule has 3 heterocycles. The Hall–Kier alpha value is -3.80. The summed E-state index contributed by atoms with van der Waals surface area (Å²) in [5, 5.41) is 14.6. The van der Waals surface area contributed by atoms with E-state index in [4.69, 9.17) is 4.42 Å². The first-order valence-electron chi connectivity index (χ1n) is 8.91. The van der Waals surface area contributed by atoms with Gasteiger partial charge in [-0.2, -0.15) is 15.3 Å². The molecule has 5 aromatic rings. The molecule has 0 saturated carbocycles. The first kappa shape index (κ1) is 16.4. The van der Waals surface area contributed by atoms with Gasteiger partial charge >= 0.3 is 0 Å². The van der Waals surface area contributed by atoms with Crippen LogP contribution in [-0.4, -0.2) is 25.8 Å². The van der Waals surface area contributed by atoms with E-state index < -0.39 is 0 Å². The van der Waals surface area contributed by atoms with Crippen LogP contribution in [0, 0.1) is 0 Å². The summed E-state index contributed by atoms with van der Waals surface area (Å²) in [5.41, 5.74) is 4.94. The third-order valence-electron chi connectivity index (χ3n) is 4.79. The number of aryl methyl sites for hydroxylation is 1. The van der Waals surface area contributed by atoms with Gasteiger partial charge in [-0.15, -0.1) is 0 Å². The molecule has 0 atom stereocenters. The summed E-state index contributed by atoms with van der Waals surface area (Å²) in [4.78, 5) is 12.7. The highest BCUT2D eigenvalue weighted by molar-refractivity contribution is 6.00. The van der Waals surface area contributed by atoms with E-state index in [9.17, 15) is 4.79 Å². The average Bonchev–Trinajstić information content (AvgIpc) is 3.35. The van der Waals surface area contributed by atoms with Gasteiger partial charge in [-0.3, -0.25) is 9.48 Å². The Balaban J connectivity index is 1.45. The molecule has 0 N–H and O–H groups in total. The highest BCUT2D eigenvalue weighted by Crippen LogP contribution is 2.24. The van der Waals surface area contributed by atoms with E-state index in [0.717, 1.165) is 33.0 Å². The van der Waals surface area contributed by atoms with Gasteiger partial charge in [0.15, 0.2) is 5.78 Å². The van der Waals surface area contributed by atoms with Crippen LogP contribution in [0.5, 0.6) is 0 Å². The Labute approximate surface area is 160 Å². The lowest BCUT2D eigenvalue weighted by Gasteiger charge is -2.04. The van der Waals surface area contributed by atoms with Crippen molar-refractivity contribution in [3.05, 3.63) is 78.4 Å². The highest BCUT2D eigenvalue weighted by Gasteiger charge is 2.11. The van der Waals surface area contributed by atoms with Crippen LogP contribution in [0.3, 0.4) is 0 Å². The van der Waals surface area contributed by atoms with E-state index in [1.54, 1.807) is 17.0 Å². The van der Waals surface area contributed by atoms with Gasteiger partial charge in [0.05, 0.1) is 30.1 Å². The van der Waals surface area contributed by atoms with Gasteiger partial charge in [-0.25, -0.2) is 0 Å². The molecule has 0 radical (unpaired) electrons. The lowest BCUT2D eigenvalue weighted by molar-refractivity contribution is 0.0992. The molecule has 0 aliphatic carbocycles. The average molecular weight is 368 g/mol. The number of nitrogens with zero attached hydrogens (tertiary/aromatic N) is 4. The van der Waals surface area contributed by atoms with Crippen LogP contribution < -0.4 is 0 Å². The summed E-state index contributed by atoms with van der Waals surface area (Å²) in [7, 11) is 1.89. The molecule has 0 unspecified atom stereocenters. The number of carbonyl (C=O) groups is 1. The van der Waals surface area contributed by atoms with Gasteiger partial charge in [0, 0.05) is 35.1 Å². The van der Waals surface area contributed by atoms with Crippen molar-refractivity contribution < 1.29 is 9.21 Å². The van der Waals surface area contributed by atoms with Gasteiger partial charge in [0.25, 0.3) is 0 Å². The van der Waals surface area contributed by atoms with Crippen molar-refractivity contribution in [2.75, 3.05) is 0 Å². The van der Waals surface area contributed by atoms with E-state index >= 15 is 0 Å². The number of rotatable bonds is 4. The molecule has 3 aromatic heterocycles. The summed E-state index contributed by atoms with van der Waals surface area (Å²) in [6.45, 7) is 0. The van der Waals surface area contributed by atoms with E-state index in [1.165, 1.54) is 0 Å². The second-order valence-corrected chi connectivity index (χ2v) is 6.79. The van der Waals surface area contributed by atoms with Crippen LogP contribution in [0.2, 0.25) is 0 Å². The summed E-state index contributed by atoms with van der Waals surface area (Å²) in [6.07, 6.45) is 5.61. The van der Waals surface area contributed by atoms with E-state index in [2.05, 4.69) is 15.3 Å². The van der Waals surface area contributed by atoms with Gasteiger partial charge in [0.2, 0.25) is 0 Å². The molecule has 0 aliphatic rings. The molecular weight excluding hydrogens is 352 g/mol. The minimum atomic E-state index is 0.000152. The lowest BCUT2D eigenvalue weighted by atomic mass is 10.0. The van der Waals surface area contributed by atoms with Crippen molar-refractivity contribution in [1.82, 2.24) is 20.0 Å². The summed E-state index contributed by atoms with van der Waals surface area (Å²) >= 11 is 0. The Bertz CT molecular complexity index is 1330. The zero-order valence-corrected chi connectivity index (χ0v) is 15.2. The Morgan fingerprint density at radius 1 is 1.00 bits per heavy atom. The standard InChI is InChI=1S/C22H16N4O2/c1-26-13-18(12-23-26)14-2-4-20-17(8-14)10-19(24-25-20)11-21(27)15-3-5-22-16(9-15)6-7-28-22/h2-10,12-13H,11H2,1H3. The number of Topliss-reactive ketones (excluding diaryl/α,β-unsaturated/α-hetero) is 1. The minimum absolute atomic E-state index is 0.000152. The SMILES string of the molecule is Cn1cc(-c2ccc3nnc(CC(=O)c4ccc5occc5c4)cc3c2)cn1. The minimum Gasteiger partial charge on any atom is -0.464 e. The van der Waals surface area contributed by atoms with E-state index in [-0.39, 0.29) is 12.2 Å². The number of furan rings is 1. The summed E-state index contributed by atoms with van der Waals surface area (Å²) in [5.74, 6) is 0.000152. The lowest BCUT2D eigenvalue weighted by Crippen LogP contribution is -2.06. The van der Waals surface area contributed by atoms with Crippen molar-refractivity contribution in [3.8, 4) is 11.1 Å². The van der Waals surface area contributed by atoms with E-state index in [1.807, 2.05) is 61.9 Å². The fourth-order valence-electron chi connectivity index (χ4n) is 3.33. The Kier molecular flexibility index (Phi) is 3.76. The number of aromatic nitrogens is 4. The molecule has 5 rings (SSSR count). The number of benzene rings is 2. The third kappa shape index (κ3) is 2.95. The second-order valence-electron chi connectivity index (χ2n) is 6.79. The number of ketones is 1. The first-order chi connectivity index (χ1) is 13.7. The predicted molar refractivity (Wildman–Crippen MR) is 106 cm³/mol. The molecule has 28 heavy (non-hydrogen) atoms. The molecule has 0 bridgehead atoms. The molecular formula is C22H16N4O2. The van der Waals surface area contributed by atoms with Crippen molar-refractivity contribution in [3.63, 3.8) is 0 Å². The van der Waals surface area contributed by atoms with Gasteiger partial charge in [-0.1, -0.05) is 6.07 Å². The monoisotopic (exact) mass is 368 g/mol. The van der Waals surface area contributed by atoms with Crippen LogP contribution in [0.15, 0.2) is 71.6 Å². The first-order valence-corrected chi connectivity index (χ1v) is 8.91. The van der Waals surface area contributed by atoms with Crippen LogP contribution >= 0.6 is 0 Å². The number of hydrogen-bond acceptors (Lipinski definition) is 5. The molecule has 136 valence electrons. The molecule has 2 aromatic carbocycles. The predicted octanol–water partition coefficient (Wildman–Crippen LogP) is 4.20. The zero-order chi connectivity index (χ0) is 19.1. The zero-order valence-electron chi connectivity index (χ0n) is 15.2. The summed E-state index contributed by atoms with van der Waals surface area (Å²) < 4.78 is 7.10. The van der Waals surface area contributed by atoms with Crippen molar-refractivity contribution >= 4 is 27.7 Å². The van der Waals surface area contributed by atoms with Crippen LogP contribution in [0.1, 0.15) is 16.1 Å². The maximum atomic E-state index is 12.7. The van der Waals surface area contributed by atoms with Crippen LogP contribution in [0.4, 0.5) is 0 Å². The van der Waals surface area contributed by atoms with Crippen LogP contribution in [0.25, 0.3) is 33.0 Å². The normalized spacial score (nSPS) is 11.3. The number of hydrogen-bond donors (Lipinski definition) is 0. The van der Waals surface area contributed by atoms with Gasteiger partial charge in [0.1, 0.15) is 5.58 Å². The van der Waals surface area contributed by atoms with Gasteiger partial charge < -0.3 is 4.42 Å². The van der Waals surface area contributed by atoms with E-state index in [0.29, 0.717) is 11.3 Å². The maximum absolute atomic E-state index is 12.7. The Morgan fingerprint density at radius 3 is 2.79 bits per heavy atom. The molecule has 6 nitrogen and oxygen atoms in total. The molecule has 0 fully saturated rings. The number of carbonyl (C=O) groups excluding carboxylic acids is 1. The smallest absolute Gasteiger partial charge is 0.168 e. The third-order valence-corrected chi connectivity index (χ3v) is 4.79. The Morgan fingerprint density at radius 2 is 1.93 bits per heavy atom. The second kappa shape index (κ2) is 6.42. The molecule has 0 aliphatic heterocycles.